The van der Waals surface area contributed by atoms with E-state index in [1.807, 2.05) is 47.4 Å². The SMILES string of the molecule is CC(NC(=O)c1ccc(COc2ccc3ccccc3c2)o1)C(=O)N1CCCCC1. The molecule has 2 amide bonds. The Balaban J connectivity index is 1.32. The maximum Gasteiger partial charge on any atom is 0.287 e. The third-order valence-corrected chi connectivity index (χ3v) is 5.37. The van der Waals surface area contributed by atoms with Crippen molar-refractivity contribution in [2.75, 3.05) is 13.1 Å². The minimum absolute atomic E-state index is 0.0468. The molecule has 1 atom stereocenters. The first kappa shape index (κ1) is 20.0. The minimum Gasteiger partial charge on any atom is -0.486 e. The van der Waals surface area contributed by atoms with Gasteiger partial charge in [-0.15, -0.1) is 0 Å². The highest BCUT2D eigenvalue weighted by Crippen LogP contribution is 2.22. The second kappa shape index (κ2) is 9.03. The molecule has 2 aromatic carbocycles. The highest BCUT2D eigenvalue weighted by molar-refractivity contribution is 5.95. The first-order chi connectivity index (χ1) is 14.6. The van der Waals surface area contributed by atoms with Crippen LogP contribution in [0.1, 0.15) is 42.5 Å². The molecule has 0 bridgehead atoms. The molecule has 0 spiro atoms. The van der Waals surface area contributed by atoms with Gasteiger partial charge in [-0.3, -0.25) is 9.59 Å². The molecule has 30 heavy (non-hydrogen) atoms. The Morgan fingerprint density at radius 1 is 1.03 bits per heavy atom. The van der Waals surface area contributed by atoms with Crippen molar-refractivity contribution in [2.24, 2.45) is 0 Å². The molecule has 2 heterocycles. The minimum atomic E-state index is -0.585. The average Bonchev–Trinajstić information content (AvgIpc) is 3.27. The van der Waals surface area contributed by atoms with Crippen LogP contribution in [-0.2, 0) is 11.4 Å². The van der Waals surface area contributed by atoms with Crippen LogP contribution in [0.15, 0.2) is 59.0 Å². The van der Waals surface area contributed by atoms with Gasteiger partial charge in [0.15, 0.2) is 5.76 Å². The van der Waals surface area contributed by atoms with Gasteiger partial charge in [0, 0.05) is 13.1 Å². The standard InChI is InChI=1S/C24H26N2O4/c1-17(24(28)26-13-5-2-6-14-26)25-23(27)22-12-11-21(30-22)16-29-20-10-9-18-7-3-4-8-19(18)15-20/h3-4,7-12,15,17H,2,5-6,13-14,16H2,1H3,(H,25,27). The molecule has 3 aromatic rings. The van der Waals surface area contributed by atoms with E-state index in [4.69, 9.17) is 9.15 Å². The monoisotopic (exact) mass is 406 g/mol. The normalized spacial score (nSPS) is 15.0. The van der Waals surface area contributed by atoms with Gasteiger partial charge in [0.25, 0.3) is 5.91 Å². The van der Waals surface area contributed by atoms with Gasteiger partial charge in [0.05, 0.1) is 0 Å². The largest absolute Gasteiger partial charge is 0.486 e. The molecule has 156 valence electrons. The summed E-state index contributed by atoms with van der Waals surface area (Å²) < 4.78 is 11.4. The van der Waals surface area contributed by atoms with Crippen molar-refractivity contribution < 1.29 is 18.7 Å². The van der Waals surface area contributed by atoms with Crippen molar-refractivity contribution >= 4 is 22.6 Å². The highest BCUT2D eigenvalue weighted by Gasteiger charge is 2.24. The predicted octanol–water partition coefficient (Wildman–Crippen LogP) is 4.14. The van der Waals surface area contributed by atoms with Crippen LogP contribution in [-0.4, -0.2) is 35.8 Å². The van der Waals surface area contributed by atoms with E-state index in [0.717, 1.165) is 48.9 Å². The lowest BCUT2D eigenvalue weighted by Crippen LogP contribution is -2.48. The lowest BCUT2D eigenvalue weighted by molar-refractivity contribution is -0.133. The zero-order chi connectivity index (χ0) is 20.9. The number of nitrogens with one attached hydrogen (secondary N) is 1. The number of carbonyl (C=O) groups excluding carboxylic acids is 2. The Morgan fingerprint density at radius 2 is 1.80 bits per heavy atom. The van der Waals surface area contributed by atoms with Crippen molar-refractivity contribution in [3.63, 3.8) is 0 Å². The van der Waals surface area contributed by atoms with Crippen LogP contribution in [0.5, 0.6) is 5.75 Å². The summed E-state index contributed by atoms with van der Waals surface area (Å²) in [5, 5.41) is 4.98. The fourth-order valence-corrected chi connectivity index (χ4v) is 3.71. The summed E-state index contributed by atoms with van der Waals surface area (Å²) in [5.74, 6) is 1.00. The van der Waals surface area contributed by atoms with E-state index in [2.05, 4.69) is 5.32 Å². The summed E-state index contributed by atoms with van der Waals surface area (Å²) in [7, 11) is 0. The first-order valence-electron chi connectivity index (χ1n) is 10.4. The lowest BCUT2D eigenvalue weighted by Gasteiger charge is -2.29. The third-order valence-electron chi connectivity index (χ3n) is 5.37. The molecule has 1 N–H and O–H groups in total. The van der Waals surface area contributed by atoms with Gasteiger partial charge in [-0.2, -0.15) is 0 Å². The molecule has 1 aliphatic heterocycles. The molecule has 0 radical (unpaired) electrons. The Labute approximate surface area is 175 Å². The molecular formula is C24H26N2O4. The quantitative estimate of drug-likeness (QED) is 0.668. The van der Waals surface area contributed by atoms with E-state index in [-0.39, 0.29) is 18.3 Å². The zero-order valence-electron chi connectivity index (χ0n) is 17.1. The Kier molecular flexibility index (Phi) is 6.02. The number of furan rings is 1. The van der Waals surface area contributed by atoms with Crippen molar-refractivity contribution in [3.05, 3.63) is 66.1 Å². The van der Waals surface area contributed by atoms with Gasteiger partial charge >= 0.3 is 0 Å². The van der Waals surface area contributed by atoms with E-state index >= 15 is 0 Å². The number of hydrogen-bond acceptors (Lipinski definition) is 4. The highest BCUT2D eigenvalue weighted by atomic mass is 16.5. The predicted molar refractivity (Wildman–Crippen MR) is 114 cm³/mol. The van der Waals surface area contributed by atoms with Crippen LogP contribution in [0.4, 0.5) is 0 Å². The van der Waals surface area contributed by atoms with E-state index < -0.39 is 11.9 Å². The Morgan fingerprint density at radius 3 is 2.60 bits per heavy atom. The van der Waals surface area contributed by atoms with E-state index in [9.17, 15) is 9.59 Å². The fourth-order valence-electron chi connectivity index (χ4n) is 3.71. The van der Waals surface area contributed by atoms with Crippen LogP contribution in [0.25, 0.3) is 10.8 Å². The molecule has 1 saturated heterocycles. The number of likely N-dealkylation sites (tertiary alicyclic amines) is 1. The lowest BCUT2D eigenvalue weighted by atomic mass is 10.1. The molecule has 1 fully saturated rings. The van der Waals surface area contributed by atoms with Crippen molar-refractivity contribution in [1.82, 2.24) is 10.2 Å². The molecule has 6 heteroatoms. The van der Waals surface area contributed by atoms with Crippen molar-refractivity contribution in [1.29, 1.82) is 0 Å². The number of piperidine rings is 1. The number of fused-ring (bicyclic) bond motifs is 1. The summed E-state index contributed by atoms with van der Waals surface area (Å²) >= 11 is 0. The van der Waals surface area contributed by atoms with Gasteiger partial charge in [-0.1, -0.05) is 30.3 Å². The maximum atomic E-state index is 12.5. The third kappa shape index (κ3) is 4.64. The number of benzene rings is 2. The summed E-state index contributed by atoms with van der Waals surface area (Å²) in [6.45, 7) is 3.45. The number of amides is 2. The molecule has 1 aromatic heterocycles. The second-order valence-corrected chi connectivity index (χ2v) is 7.64. The Bertz CT molecular complexity index is 1040. The summed E-state index contributed by atoms with van der Waals surface area (Å²) in [6, 6.07) is 16.7. The molecule has 0 aliphatic carbocycles. The van der Waals surface area contributed by atoms with Crippen molar-refractivity contribution in [3.8, 4) is 5.75 Å². The van der Waals surface area contributed by atoms with Gasteiger partial charge in [0.1, 0.15) is 24.2 Å². The smallest absolute Gasteiger partial charge is 0.287 e. The molecular weight excluding hydrogens is 380 g/mol. The van der Waals surface area contributed by atoms with E-state index in [1.54, 1.807) is 19.1 Å². The fraction of sp³-hybridized carbons (Fsp3) is 0.333. The van der Waals surface area contributed by atoms with Gasteiger partial charge in [0.2, 0.25) is 5.91 Å². The molecule has 4 rings (SSSR count). The van der Waals surface area contributed by atoms with Crippen LogP contribution in [0, 0.1) is 0 Å². The van der Waals surface area contributed by atoms with E-state index in [0.29, 0.717) is 5.76 Å². The number of rotatable bonds is 6. The number of hydrogen-bond donors (Lipinski definition) is 1. The summed E-state index contributed by atoms with van der Waals surface area (Å²) in [4.78, 5) is 26.8. The Hall–Kier alpha value is -3.28. The van der Waals surface area contributed by atoms with Gasteiger partial charge in [-0.05, 0) is 61.2 Å². The molecule has 0 saturated carbocycles. The van der Waals surface area contributed by atoms with Crippen LogP contribution in [0.2, 0.25) is 0 Å². The molecule has 6 nitrogen and oxygen atoms in total. The average molecular weight is 406 g/mol. The topological polar surface area (TPSA) is 71.8 Å². The van der Waals surface area contributed by atoms with Crippen LogP contribution in [0.3, 0.4) is 0 Å². The number of carbonyl (C=O) groups is 2. The van der Waals surface area contributed by atoms with Crippen LogP contribution >= 0.6 is 0 Å². The van der Waals surface area contributed by atoms with E-state index in [1.165, 1.54) is 0 Å². The van der Waals surface area contributed by atoms with Crippen LogP contribution < -0.4 is 10.1 Å². The zero-order valence-corrected chi connectivity index (χ0v) is 17.1. The number of ether oxygens (including phenoxy) is 1. The molecule has 1 unspecified atom stereocenters. The number of nitrogens with zero attached hydrogens (tertiary/aromatic N) is 1. The summed E-state index contributed by atoms with van der Waals surface area (Å²) in [5.41, 5.74) is 0. The van der Waals surface area contributed by atoms with Crippen molar-refractivity contribution in [2.45, 2.75) is 38.8 Å². The van der Waals surface area contributed by atoms with Gasteiger partial charge in [-0.25, -0.2) is 0 Å². The maximum absolute atomic E-state index is 12.5. The van der Waals surface area contributed by atoms with Gasteiger partial charge < -0.3 is 19.4 Å². The first-order valence-corrected chi connectivity index (χ1v) is 10.4. The molecule has 1 aliphatic rings. The summed E-state index contributed by atoms with van der Waals surface area (Å²) in [6.07, 6.45) is 3.19. The second-order valence-electron chi connectivity index (χ2n) is 7.64.